The molecule has 0 amide bonds. The zero-order valence-corrected chi connectivity index (χ0v) is 12.6. The Morgan fingerprint density at radius 3 is 2.29 bits per heavy atom. The second-order valence-corrected chi connectivity index (χ2v) is 4.40. The highest BCUT2D eigenvalue weighted by atomic mass is 16.5. The lowest BCUT2D eigenvalue weighted by Crippen LogP contribution is -2.12. The van der Waals surface area contributed by atoms with Crippen molar-refractivity contribution in [1.82, 2.24) is 10.3 Å². The highest BCUT2D eigenvalue weighted by molar-refractivity contribution is 5.43. The first-order chi connectivity index (χ1) is 10.2. The van der Waals surface area contributed by atoms with Crippen molar-refractivity contribution in [1.29, 1.82) is 0 Å². The fourth-order valence-electron chi connectivity index (χ4n) is 1.83. The zero-order chi connectivity index (χ0) is 15.1. The number of benzene rings is 1. The fourth-order valence-corrected chi connectivity index (χ4v) is 1.83. The third kappa shape index (κ3) is 4.36. The van der Waals surface area contributed by atoms with Gasteiger partial charge in [-0.2, -0.15) is 0 Å². The number of nitrogens with one attached hydrogen (secondary N) is 1. The SMILES string of the molecule is CCNCc1cccc(Oc2cc(OC)cc(OC)c2)n1. The summed E-state index contributed by atoms with van der Waals surface area (Å²) in [5.41, 5.74) is 0.934. The predicted octanol–water partition coefficient (Wildman–Crippen LogP) is 3.00. The quantitative estimate of drug-likeness (QED) is 0.848. The van der Waals surface area contributed by atoms with E-state index in [1.54, 1.807) is 32.4 Å². The molecular weight excluding hydrogens is 268 g/mol. The van der Waals surface area contributed by atoms with Crippen molar-refractivity contribution in [3.8, 4) is 23.1 Å². The van der Waals surface area contributed by atoms with E-state index in [0.717, 1.165) is 18.8 Å². The molecule has 1 N–H and O–H groups in total. The molecule has 1 aromatic carbocycles. The molecule has 0 radical (unpaired) electrons. The number of rotatable bonds is 7. The number of nitrogens with zero attached hydrogens (tertiary/aromatic N) is 1. The Morgan fingerprint density at radius 1 is 1.00 bits per heavy atom. The maximum Gasteiger partial charge on any atom is 0.219 e. The molecule has 1 heterocycles. The summed E-state index contributed by atoms with van der Waals surface area (Å²) in [6.45, 7) is 3.68. The summed E-state index contributed by atoms with van der Waals surface area (Å²) in [7, 11) is 3.21. The first-order valence-electron chi connectivity index (χ1n) is 6.82. The van der Waals surface area contributed by atoms with Crippen LogP contribution in [0.15, 0.2) is 36.4 Å². The third-order valence-electron chi connectivity index (χ3n) is 2.88. The minimum atomic E-state index is 0.542. The standard InChI is InChI=1S/C16H20N2O3/c1-4-17-11-12-6-5-7-16(18-12)21-15-9-13(19-2)8-14(10-15)20-3/h5-10,17H,4,11H2,1-3H3. The van der Waals surface area contributed by atoms with Crippen LogP contribution in [0.3, 0.4) is 0 Å². The molecule has 0 bridgehead atoms. The lowest BCUT2D eigenvalue weighted by Gasteiger charge is -2.10. The molecule has 0 atom stereocenters. The Labute approximate surface area is 124 Å². The molecule has 0 aliphatic carbocycles. The molecule has 0 spiro atoms. The van der Waals surface area contributed by atoms with Crippen LogP contribution in [0.4, 0.5) is 0 Å². The molecule has 0 fully saturated rings. The van der Waals surface area contributed by atoms with E-state index in [0.29, 0.717) is 23.1 Å². The maximum absolute atomic E-state index is 5.79. The monoisotopic (exact) mass is 288 g/mol. The lowest BCUT2D eigenvalue weighted by molar-refractivity contribution is 0.385. The van der Waals surface area contributed by atoms with Crippen LogP contribution >= 0.6 is 0 Å². The number of aromatic nitrogens is 1. The first-order valence-corrected chi connectivity index (χ1v) is 6.82. The van der Waals surface area contributed by atoms with Gasteiger partial charge in [0.25, 0.3) is 0 Å². The van der Waals surface area contributed by atoms with Crippen LogP contribution in [-0.4, -0.2) is 25.7 Å². The molecule has 2 aromatic rings. The molecule has 0 unspecified atom stereocenters. The molecule has 112 valence electrons. The number of hydrogen-bond acceptors (Lipinski definition) is 5. The van der Waals surface area contributed by atoms with Crippen LogP contribution in [-0.2, 0) is 6.54 Å². The Balaban J connectivity index is 2.17. The molecule has 5 heteroatoms. The second-order valence-electron chi connectivity index (χ2n) is 4.40. The smallest absolute Gasteiger partial charge is 0.219 e. The zero-order valence-electron chi connectivity index (χ0n) is 12.6. The van der Waals surface area contributed by atoms with Crippen molar-refractivity contribution in [2.75, 3.05) is 20.8 Å². The van der Waals surface area contributed by atoms with Crippen LogP contribution in [0.5, 0.6) is 23.1 Å². The van der Waals surface area contributed by atoms with Crippen LogP contribution in [0.2, 0.25) is 0 Å². The molecule has 0 aliphatic heterocycles. The average molecular weight is 288 g/mol. The van der Waals surface area contributed by atoms with Gasteiger partial charge in [0.05, 0.1) is 19.9 Å². The number of hydrogen-bond donors (Lipinski definition) is 1. The van der Waals surface area contributed by atoms with Gasteiger partial charge < -0.3 is 19.5 Å². The topological polar surface area (TPSA) is 52.6 Å². The van der Waals surface area contributed by atoms with Gasteiger partial charge in [0.1, 0.15) is 17.2 Å². The summed E-state index contributed by atoms with van der Waals surface area (Å²) >= 11 is 0. The number of ether oxygens (including phenoxy) is 3. The van der Waals surface area contributed by atoms with E-state index in [2.05, 4.69) is 17.2 Å². The lowest BCUT2D eigenvalue weighted by atomic mass is 10.3. The summed E-state index contributed by atoms with van der Waals surface area (Å²) in [5.74, 6) is 2.52. The van der Waals surface area contributed by atoms with Gasteiger partial charge in [0, 0.05) is 30.8 Å². The van der Waals surface area contributed by atoms with Crippen LogP contribution in [0.1, 0.15) is 12.6 Å². The summed E-state index contributed by atoms with van der Waals surface area (Å²) in [5, 5.41) is 3.23. The van der Waals surface area contributed by atoms with E-state index in [1.807, 2.05) is 18.2 Å². The Hall–Kier alpha value is -2.27. The molecule has 5 nitrogen and oxygen atoms in total. The predicted molar refractivity (Wildman–Crippen MR) is 81.2 cm³/mol. The highest BCUT2D eigenvalue weighted by Gasteiger charge is 2.05. The van der Waals surface area contributed by atoms with Gasteiger partial charge in [0.15, 0.2) is 0 Å². The van der Waals surface area contributed by atoms with Crippen LogP contribution < -0.4 is 19.5 Å². The number of methoxy groups -OCH3 is 2. The van der Waals surface area contributed by atoms with Gasteiger partial charge in [0.2, 0.25) is 5.88 Å². The van der Waals surface area contributed by atoms with E-state index < -0.39 is 0 Å². The van der Waals surface area contributed by atoms with Gasteiger partial charge >= 0.3 is 0 Å². The van der Waals surface area contributed by atoms with Crippen molar-refractivity contribution >= 4 is 0 Å². The van der Waals surface area contributed by atoms with Crippen molar-refractivity contribution in [2.24, 2.45) is 0 Å². The fraction of sp³-hybridized carbons (Fsp3) is 0.312. The van der Waals surface area contributed by atoms with Crippen LogP contribution in [0, 0.1) is 0 Å². The normalized spacial score (nSPS) is 10.2. The first kappa shape index (κ1) is 15.1. The molecule has 1 aromatic heterocycles. The van der Waals surface area contributed by atoms with Crippen molar-refractivity contribution in [3.63, 3.8) is 0 Å². The summed E-state index contributed by atoms with van der Waals surface area (Å²) in [4.78, 5) is 4.45. The summed E-state index contributed by atoms with van der Waals surface area (Å²) in [6, 6.07) is 11.1. The summed E-state index contributed by atoms with van der Waals surface area (Å²) < 4.78 is 16.2. The van der Waals surface area contributed by atoms with Gasteiger partial charge in [-0.1, -0.05) is 13.0 Å². The second kappa shape index (κ2) is 7.50. The van der Waals surface area contributed by atoms with Crippen molar-refractivity contribution in [2.45, 2.75) is 13.5 Å². The largest absolute Gasteiger partial charge is 0.496 e. The van der Waals surface area contributed by atoms with E-state index in [9.17, 15) is 0 Å². The molecule has 0 saturated heterocycles. The molecule has 2 rings (SSSR count). The van der Waals surface area contributed by atoms with E-state index >= 15 is 0 Å². The van der Waals surface area contributed by atoms with Crippen LogP contribution in [0.25, 0.3) is 0 Å². The molecule has 21 heavy (non-hydrogen) atoms. The van der Waals surface area contributed by atoms with E-state index in [1.165, 1.54) is 0 Å². The van der Waals surface area contributed by atoms with Gasteiger partial charge in [-0.3, -0.25) is 0 Å². The van der Waals surface area contributed by atoms with Gasteiger partial charge in [-0.25, -0.2) is 4.98 Å². The Kier molecular flexibility index (Phi) is 5.40. The van der Waals surface area contributed by atoms with E-state index in [4.69, 9.17) is 14.2 Å². The average Bonchev–Trinajstić information content (AvgIpc) is 2.52. The van der Waals surface area contributed by atoms with Crippen molar-refractivity contribution in [3.05, 3.63) is 42.1 Å². The minimum Gasteiger partial charge on any atom is -0.496 e. The highest BCUT2D eigenvalue weighted by Crippen LogP contribution is 2.30. The Bertz CT molecular complexity index is 565. The molecule has 0 saturated carbocycles. The van der Waals surface area contributed by atoms with E-state index in [-0.39, 0.29) is 0 Å². The van der Waals surface area contributed by atoms with Crippen molar-refractivity contribution < 1.29 is 14.2 Å². The van der Waals surface area contributed by atoms with Gasteiger partial charge in [-0.05, 0) is 12.6 Å². The molecule has 0 aliphatic rings. The summed E-state index contributed by atoms with van der Waals surface area (Å²) in [6.07, 6.45) is 0. The Morgan fingerprint density at radius 2 is 1.67 bits per heavy atom. The minimum absolute atomic E-state index is 0.542. The number of pyridine rings is 1. The van der Waals surface area contributed by atoms with Gasteiger partial charge in [-0.15, -0.1) is 0 Å². The molecular formula is C16H20N2O3. The third-order valence-corrected chi connectivity index (χ3v) is 2.88. The maximum atomic E-state index is 5.79.